The van der Waals surface area contributed by atoms with E-state index in [9.17, 15) is 4.79 Å². The Bertz CT molecular complexity index is 782. The van der Waals surface area contributed by atoms with Gasteiger partial charge in [-0.25, -0.2) is 0 Å². The molecule has 0 atom stereocenters. The molecule has 3 aromatic rings. The number of hydrogen-bond acceptors (Lipinski definition) is 1. The summed E-state index contributed by atoms with van der Waals surface area (Å²) in [6.07, 6.45) is 0.832. The minimum atomic E-state index is -0.281. The molecule has 0 spiro atoms. The number of amides is 1. The fraction of sp³-hybridized carbons (Fsp3) is 0.227. The maximum absolute atomic E-state index is 12.9. The Morgan fingerprint density at radius 2 is 1.52 bits per heavy atom. The highest BCUT2D eigenvalue weighted by atomic mass is 16.1. The SMILES string of the molecule is Cc1cc(CCNC(=O)C(c2ccccc2)c2ccccc2)c(C)[nH]1. The van der Waals surface area contributed by atoms with Crippen LogP contribution in [0.25, 0.3) is 0 Å². The number of rotatable bonds is 6. The Labute approximate surface area is 149 Å². The molecule has 3 heteroatoms. The lowest BCUT2D eigenvalue weighted by Crippen LogP contribution is -2.31. The lowest BCUT2D eigenvalue weighted by molar-refractivity contribution is -0.121. The van der Waals surface area contributed by atoms with Gasteiger partial charge in [-0.15, -0.1) is 0 Å². The maximum Gasteiger partial charge on any atom is 0.232 e. The molecule has 1 heterocycles. The van der Waals surface area contributed by atoms with Crippen LogP contribution in [0.2, 0.25) is 0 Å². The maximum atomic E-state index is 12.9. The van der Waals surface area contributed by atoms with Gasteiger partial charge in [-0.2, -0.15) is 0 Å². The van der Waals surface area contributed by atoms with Gasteiger partial charge in [-0.1, -0.05) is 60.7 Å². The molecule has 0 aliphatic rings. The Hall–Kier alpha value is -2.81. The van der Waals surface area contributed by atoms with E-state index in [-0.39, 0.29) is 11.8 Å². The van der Waals surface area contributed by atoms with Gasteiger partial charge in [0.2, 0.25) is 5.91 Å². The average molecular weight is 332 g/mol. The highest BCUT2D eigenvalue weighted by molar-refractivity contribution is 5.87. The van der Waals surface area contributed by atoms with Gasteiger partial charge >= 0.3 is 0 Å². The second-order valence-electron chi connectivity index (χ2n) is 6.40. The Balaban J connectivity index is 1.72. The first-order valence-corrected chi connectivity index (χ1v) is 8.68. The predicted octanol–water partition coefficient (Wildman–Crippen LogP) is 4.12. The molecule has 0 aliphatic carbocycles. The van der Waals surface area contributed by atoms with Crippen molar-refractivity contribution < 1.29 is 4.79 Å². The van der Waals surface area contributed by atoms with Gasteiger partial charge in [0.25, 0.3) is 0 Å². The standard InChI is InChI=1S/C22H24N2O/c1-16-15-20(17(2)24-16)13-14-23-22(25)21(18-9-5-3-6-10-18)19-11-7-4-8-12-19/h3-12,15,21,24H,13-14H2,1-2H3,(H,23,25). The topological polar surface area (TPSA) is 44.9 Å². The van der Waals surface area contributed by atoms with Gasteiger partial charge in [-0.05, 0) is 43.0 Å². The third-order valence-electron chi connectivity index (χ3n) is 4.48. The number of aryl methyl sites for hydroxylation is 2. The number of benzene rings is 2. The van der Waals surface area contributed by atoms with Crippen molar-refractivity contribution in [2.75, 3.05) is 6.54 Å². The summed E-state index contributed by atoms with van der Waals surface area (Å²) in [5.41, 5.74) is 5.62. The molecule has 0 aliphatic heterocycles. The molecular weight excluding hydrogens is 308 g/mol. The van der Waals surface area contributed by atoms with E-state index in [1.54, 1.807) is 0 Å². The summed E-state index contributed by atoms with van der Waals surface area (Å²) >= 11 is 0. The minimum absolute atomic E-state index is 0.0438. The number of carbonyl (C=O) groups excluding carboxylic acids is 1. The van der Waals surface area contributed by atoms with Crippen LogP contribution in [-0.2, 0) is 11.2 Å². The van der Waals surface area contributed by atoms with Crippen molar-refractivity contribution in [1.29, 1.82) is 0 Å². The van der Waals surface area contributed by atoms with E-state index in [4.69, 9.17) is 0 Å². The summed E-state index contributed by atoms with van der Waals surface area (Å²) in [5.74, 6) is -0.237. The lowest BCUT2D eigenvalue weighted by atomic mass is 9.90. The molecule has 2 aromatic carbocycles. The highest BCUT2D eigenvalue weighted by Crippen LogP contribution is 2.24. The van der Waals surface area contributed by atoms with Gasteiger partial charge in [0, 0.05) is 17.9 Å². The molecule has 0 saturated heterocycles. The number of H-pyrrole nitrogens is 1. The van der Waals surface area contributed by atoms with Crippen LogP contribution in [0, 0.1) is 13.8 Å². The van der Waals surface area contributed by atoms with Crippen LogP contribution in [0.15, 0.2) is 66.7 Å². The zero-order valence-corrected chi connectivity index (χ0v) is 14.8. The van der Waals surface area contributed by atoms with Crippen molar-refractivity contribution in [2.45, 2.75) is 26.2 Å². The fourth-order valence-electron chi connectivity index (χ4n) is 3.25. The summed E-state index contributed by atoms with van der Waals surface area (Å²) < 4.78 is 0. The normalized spacial score (nSPS) is 10.8. The predicted molar refractivity (Wildman–Crippen MR) is 102 cm³/mol. The van der Waals surface area contributed by atoms with Crippen LogP contribution in [-0.4, -0.2) is 17.4 Å². The molecule has 0 saturated carbocycles. The number of aromatic nitrogens is 1. The van der Waals surface area contributed by atoms with Crippen LogP contribution >= 0.6 is 0 Å². The summed E-state index contributed by atoms with van der Waals surface area (Å²) in [7, 11) is 0. The van der Waals surface area contributed by atoms with Crippen molar-refractivity contribution in [2.24, 2.45) is 0 Å². The van der Waals surface area contributed by atoms with E-state index in [0.29, 0.717) is 6.54 Å². The third-order valence-corrected chi connectivity index (χ3v) is 4.48. The van der Waals surface area contributed by atoms with Crippen molar-refractivity contribution >= 4 is 5.91 Å². The van der Waals surface area contributed by atoms with Crippen LogP contribution < -0.4 is 5.32 Å². The quantitative estimate of drug-likeness (QED) is 0.700. The van der Waals surface area contributed by atoms with E-state index < -0.39 is 0 Å². The summed E-state index contributed by atoms with van der Waals surface area (Å²) in [6.45, 7) is 4.75. The molecule has 3 rings (SSSR count). The van der Waals surface area contributed by atoms with Crippen LogP contribution in [0.1, 0.15) is 34.0 Å². The zero-order valence-electron chi connectivity index (χ0n) is 14.8. The van der Waals surface area contributed by atoms with Crippen molar-refractivity contribution in [3.63, 3.8) is 0 Å². The smallest absolute Gasteiger partial charge is 0.232 e. The molecule has 1 aromatic heterocycles. The van der Waals surface area contributed by atoms with Crippen LogP contribution in [0.3, 0.4) is 0 Å². The van der Waals surface area contributed by atoms with Crippen molar-refractivity contribution in [3.05, 3.63) is 94.8 Å². The van der Waals surface area contributed by atoms with E-state index in [1.807, 2.05) is 60.7 Å². The molecule has 2 N–H and O–H groups in total. The van der Waals surface area contributed by atoms with Gasteiger partial charge in [0.05, 0.1) is 5.92 Å². The van der Waals surface area contributed by atoms with E-state index >= 15 is 0 Å². The molecule has 0 unspecified atom stereocenters. The number of aromatic amines is 1. The molecular formula is C22H24N2O. The largest absolute Gasteiger partial charge is 0.362 e. The van der Waals surface area contributed by atoms with Crippen molar-refractivity contribution in [3.8, 4) is 0 Å². The van der Waals surface area contributed by atoms with Gasteiger partial charge in [-0.3, -0.25) is 4.79 Å². The van der Waals surface area contributed by atoms with Gasteiger partial charge in [0.1, 0.15) is 0 Å². The molecule has 3 nitrogen and oxygen atoms in total. The lowest BCUT2D eigenvalue weighted by Gasteiger charge is -2.18. The second-order valence-corrected chi connectivity index (χ2v) is 6.40. The Morgan fingerprint density at radius 3 is 2.00 bits per heavy atom. The van der Waals surface area contributed by atoms with Gasteiger partial charge < -0.3 is 10.3 Å². The van der Waals surface area contributed by atoms with Crippen LogP contribution in [0.5, 0.6) is 0 Å². The number of nitrogens with one attached hydrogen (secondary N) is 2. The Morgan fingerprint density at radius 1 is 0.960 bits per heavy atom. The summed E-state index contributed by atoms with van der Waals surface area (Å²) in [4.78, 5) is 16.2. The first-order chi connectivity index (χ1) is 12.1. The first-order valence-electron chi connectivity index (χ1n) is 8.68. The molecule has 1 amide bonds. The van der Waals surface area contributed by atoms with Crippen molar-refractivity contribution in [1.82, 2.24) is 10.3 Å². The molecule has 0 radical (unpaired) electrons. The van der Waals surface area contributed by atoms with E-state index in [0.717, 1.165) is 23.2 Å². The second kappa shape index (κ2) is 7.84. The summed E-state index contributed by atoms with van der Waals surface area (Å²) in [6, 6.07) is 22.0. The molecule has 128 valence electrons. The third kappa shape index (κ3) is 4.18. The van der Waals surface area contributed by atoms with Gasteiger partial charge in [0.15, 0.2) is 0 Å². The van der Waals surface area contributed by atoms with E-state index in [1.165, 1.54) is 11.3 Å². The molecule has 0 fully saturated rings. The molecule has 25 heavy (non-hydrogen) atoms. The Kier molecular flexibility index (Phi) is 5.34. The molecule has 0 bridgehead atoms. The number of hydrogen-bond donors (Lipinski definition) is 2. The summed E-state index contributed by atoms with van der Waals surface area (Å²) in [5, 5.41) is 3.11. The van der Waals surface area contributed by atoms with Crippen LogP contribution in [0.4, 0.5) is 0 Å². The zero-order chi connectivity index (χ0) is 17.6. The number of carbonyl (C=O) groups is 1. The monoisotopic (exact) mass is 332 g/mol. The average Bonchev–Trinajstić information content (AvgIpc) is 2.94. The minimum Gasteiger partial charge on any atom is -0.362 e. The van der Waals surface area contributed by atoms with E-state index in [2.05, 4.69) is 30.2 Å². The highest BCUT2D eigenvalue weighted by Gasteiger charge is 2.22. The first kappa shape index (κ1) is 17.0. The fourth-order valence-corrected chi connectivity index (χ4v) is 3.25.